The Morgan fingerprint density at radius 3 is 2.73 bits per heavy atom. The summed E-state index contributed by atoms with van der Waals surface area (Å²) < 4.78 is 1.75. The molecule has 4 aromatic heterocycles. The van der Waals surface area contributed by atoms with Gasteiger partial charge in [-0.1, -0.05) is 13.8 Å². The molecular weight excluding hydrogens is 402 g/mol. The summed E-state index contributed by atoms with van der Waals surface area (Å²) >= 11 is 0. The first-order valence-corrected chi connectivity index (χ1v) is 9.45. The van der Waals surface area contributed by atoms with Crippen molar-refractivity contribution in [3.8, 4) is 11.1 Å². The molecular formula is C21H22ClN7O. The van der Waals surface area contributed by atoms with Gasteiger partial charge in [-0.05, 0) is 35.7 Å². The third-order valence-corrected chi connectivity index (χ3v) is 4.58. The topological polar surface area (TPSA) is 98.5 Å². The number of pyridine rings is 2. The average Bonchev–Trinajstić information content (AvgIpc) is 3.21. The lowest BCUT2D eigenvalue weighted by Gasteiger charge is -2.09. The molecule has 0 atom stereocenters. The molecule has 0 spiro atoms. The minimum absolute atomic E-state index is 0. The van der Waals surface area contributed by atoms with Gasteiger partial charge in [-0.3, -0.25) is 9.67 Å². The van der Waals surface area contributed by atoms with E-state index in [1.165, 1.54) is 0 Å². The van der Waals surface area contributed by atoms with Gasteiger partial charge in [0.25, 0.3) is 0 Å². The van der Waals surface area contributed by atoms with E-state index in [-0.39, 0.29) is 12.4 Å². The Morgan fingerprint density at radius 2 is 1.93 bits per heavy atom. The first-order valence-electron chi connectivity index (χ1n) is 9.45. The fourth-order valence-electron chi connectivity index (χ4n) is 2.94. The highest BCUT2D eigenvalue weighted by Gasteiger charge is 2.08. The van der Waals surface area contributed by atoms with Crippen LogP contribution in [0.15, 0.2) is 49.1 Å². The van der Waals surface area contributed by atoms with E-state index in [1.807, 2.05) is 30.5 Å². The summed E-state index contributed by atoms with van der Waals surface area (Å²) in [5.41, 5.74) is 4.52. The van der Waals surface area contributed by atoms with Crippen molar-refractivity contribution in [2.75, 3.05) is 5.32 Å². The van der Waals surface area contributed by atoms with E-state index in [9.17, 15) is 4.79 Å². The fraction of sp³-hybridized carbons (Fsp3) is 0.238. The molecule has 0 aliphatic carbocycles. The second-order valence-corrected chi connectivity index (χ2v) is 7.06. The third-order valence-electron chi connectivity index (χ3n) is 4.58. The van der Waals surface area contributed by atoms with Crippen LogP contribution in [0.2, 0.25) is 0 Å². The zero-order valence-corrected chi connectivity index (χ0v) is 17.5. The smallest absolute Gasteiger partial charge is 0.154 e. The highest BCUT2D eigenvalue weighted by atomic mass is 35.5. The van der Waals surface area contributed by atoms with E-state index < -0.39 is 0 Å². The van der Waals surface area contributed by atoms with Crippen LogP contribution < -0.4 is 5.32 Å². The van der Waals surface area contributed by atoms with Crippen molar-refractivity contribution in [2.45, 2.75) is 32.7 Å². The van der Waals surface area contributed by atoms with E-state index >= 15 is 0 Å². The van der Waals surface area contributed by atoms with Gasteiger partial charge in [0, 0.05) is 36.5 Å². The molecule has 4 heterocycles. The number of nitrogens with zero attached hydrogens (tertiary/aromatic N) is 6. The normalized spacial score (nSPS) is 10.8. The maximum absolute atomic E-state index is 10.5. The van der Waals surface area contributed by atoms with E-state index in [1.54, 1.807) is 23.3 Å². The number of anilines is 2. The number of carbonyl (C=O) groups excluding carboxylic acids is 1. The molecule has 1 N–H and O–H groups in total. The first kappa shape index (κ1) is 21.3. The Morgan fingerprint density at radius 1 is 1.07 bits per heavy atom. The maximum Gasteiger partial charge on any atom is 0.154 e. The summed E-state index contributed by atoms with van der Waals surface area (Å²) in [5, 5.41) is 15.7. The number of aromatic nitrogens is 6. The molecule has 0 aliphatic rings. The maximum atomic E-state index is 10.5. The number of aldehydes is 1. The number of fused-ring (bicyclic) bond motifs is 1. The van der Waals surface area contributed by atoms with E-state index in [0.29, 0.717) is 30.5 Å². The van der Waals surface area contributed by atoms with Gasteiger partial charge >= 0.3 is 0 Å². The standard InChI is InChI=1S/C21H21N7O.ClH/c1-14(2)15-9-21(27-23-11-15)26-20-5-4-18-19(25-20)8-16(10-22-18)17-12-24-28(13-17)6-3-7-29;/h4-5,7-14H,3,6H2,1-2H3,(H,25,26,27);1H. The molecule has 0 fully saturated rings. The molecule has 0 amide bonds. The largest absolute Gasteiger partial charge is 0.323 e. The summed E-state index contributed by atoms with van der Waals surface area (Å²) in [6.07, 6.45) is 8.57. The van der Waals surface area contributed by atoms with Crippen LogP contribution >= 0.6 is 12.4 Å². The number of nitrogens with one attached hydrogen (secondary N) is 1. The molecule has 0 saturated carbocycles. The van der Waals surface area contributed by atoms with Crippen molar-refractivity contribution in [2.24, 2.45) is 0 Å². The molecule has 9 heteroatoms. The Kier molecular flexibility index (Phi) is 6.68. The summed E-state index contributed by atoms with van der Waals surface area (Å²) in [4.78, 5) is 19.7. The molecule has 0 aromatic carbocycles. The fourth-order valence-corrected chi connectivity index (χ4v) is 2.94. The number of hydrogen-bond acceptors (Lipinski definition) is 7. The van der Waals surface area contributed by atoms with Gasteiger partial charge in [0.1, 0.15) is 12.1 Å². The van der Waals surface area contributed by atoms with Crippen LogP contribution in [0, 0.1) is 0 Å². The Bertz CT molecular complexity index is 1160. The van der Waals surface area contributed by atoms with Crippen molar-refractivity contribution < 1.29 is 4.79 Å². The van der Waals surface area contributed by atoms with Gasteiger partial charge in [-0.15, -0.1) is 17.5 Å². The second kappa shape index (κ2) is 9.41. The lowest BCUT2D eigenvalue weighted by Crippen LogP contribution is -2.00. The van der Waals surface area contributed by atoms with Crippen LogP contribution in [-0.2, 0) is 11.3 Å². The van der Waals surface area contributed by atoms with Gasteiger partial charge in [-0.25, -0.2) is 4.98 Å². The van der Waals surface area contributed by atoms with Crippen LogP contribution in [-0.4, -0.2) is 36.2 Å². The van der Waals surface area contributed by atoms with Gasteiger partial charge < -0.3 is 10.1 Å². The summed E-state index contributed by atoms with van der Waals surface area (Å²) in [5.74, 6) is 1.70. The molecule has 0 aliphatic heterocycles. The second-order valence-electron chi connectivity index (χ2n) is 7.06. The molecule has 30 heavy (non-hydrogen) atoms. The third kappa shape index (κ3) is 4.77. The summed E-state index contributed by atoms with van der Waals surface area (Å²) in [6, 6.07) is 7.74. The van der Waals surface area contributed by atoms with Crippen LogP contribution in [0.5, 0.6) is 0 Å². The number of rotatable bonds is 7. The molecule has 8 nitrogen and oxygen atoms in total. The van der Waals surface area contributed by atoms with Crippen LogP contribution in [0.1, 0.15) is 31.7 Å². The zero-order chi connectivity index (χ0) is 20.2. The van der Waals surface area contributed by atoms with E-state index in [2.05, 4.69) is 44.4 Å². The molecule has 0 radical (unpaired) electrons. The van der Waals surface area contributed by atoms with Crippen molar-refractivity contribution in [3.63, 3.8) is 0 Å². The zero-order valence-electron chi connectivity index (χ0n) is 16.7. The Labute approximate surface area is 180 Å². The SMILES string of the molecule is CC(C)c1cnnc(Nc2ccc3ncc(-c4cnn(CCC=O)c4)cc3n2)c1.Cl. The van der Waals surface area contributed by atoms with E-state index in [4.69, 9.17) is 0 Å². The van der Waals surface area contributed by atoms with E-state index in [0.717, 1.165) is 34.0 Å². The average molecular weight is 424 g/mol. The minimum Gasteiger partial charge on any atom is -0.323 e. The monoisotopic (exact) mass is 423 g/mol. The van der Waals surface area contributed by atoms with Crippen LogP contribution in [0.25, 0.3) is 22.2 Å². The van der Waals surface area contributed by atoms with Gasteiger partial charge in [0.2, 0.25) is 0 Å². The van der Waals surface area contributed by atoms with Crippen LogP contribution in [0.4, 0.5) is 11.6 Å². The first-order chi connectivity index (χ1) is 14.1. The molecule has 4 aromatic rings. The predicted octanol–water partition coefficient (Wildman–Crippen LogP) is 4.16. The number of halogens is 1. The highest BCUT2D eigenvalue weighted by molar-refractivity contribution is 5.85. The lowest BCUT2D eigenvalue weighted by molar-refractivity contribution is -0.108. The molecule has 0 saturated heterocycles. The summed E-state index contributed by atoms with van der Waals surface area (Å²) in [7, 11) is 0. The van der Waals surface area contributed by atoms with Gasteiger partial charge in [0.05, 0.1) is 23.4 Å². The number of carbonyl (C=O) groups is 1. The molecule has 154 valence electrons. The minimum atomic E-state index is 0. The predicted molar refractivity (Wildman–Crippen MR) is 118 cm³/mol. The Balaban J connectivity index is 0.00000256. The quantitative estimate of drug-likeness (QED) is 0.445. The molecule has 4 rings (SSSR count). The summed E-state index contributed by atoms with van der Waals surface area (Å²) in [6.45, 7) is 4.79. The number of aryl methyl sites for hydroxylation is 1. The van der Waals surface area contributed by atoms with Gasteiger partial charge in [-0.2, -0.15) is 10.2 Å². The molecule has 0 unspecified atom stereocenters. The number of hydrogen-bond donors (Lipinski definition) is 1. The Hall–Kier alpha value is -3.39. The highest BCUT2D eigenvalue weighted by Crippen LogP contribution is 2.24. The van der Waals surface area contributed by atoms with Crippen molar-refractivity contribution in [1.82, 2.24) is 29.9 Å². The van der Waals surface area contributed by atoms with Crippen molar-refractivity contribution in [1.29, 1.82) is 0 Å². The molecule has 0 bridgehead atoms. The van der Waals surface area contributed by atoms with Crippen LogP contribution in [0.3, 0.4) is 0 Å². The van der Waals surface area contributed by atoms with Crippen molar-refractivity contribution >= 4 is 41.4 Å². The van der Waals surface area contributed by atoms with Crippen molar-refractivity contribution in [3.05, 3.63) is 54.6 Å². The van der Waals surface area contributed by atoms with Gasteiger partial charge in [0.15, 0.2) is 5.82 Å². The lowest BCUT2D eigenvalue weighted by atomic mass is 10.1.